The van der Waals surface area contributed by atoms with E-state index in [-0.39, 0.29) is 12.5 Å². The molecule has 4 heteroatoms. The maximum Gasteiger partial charge on any atom is 0.312 e. The highest BCUT2D eigenvalue weighted by atomic mass is 16.5. The molecule has 0 aromatic carbocycles. The van der Waals surface area contributed by atoms with Crippen molar-refractivity contribution in [3.63, 3.8) is 0 Å². The van der Waals surface area contributed by atoms with Crippen molar-refractivity contribution < 1.29 is 14.6 Å². The number of rotatable bonds is 3. The second-order valence-corrected chi connectivity index (χ2v) is 2.45. The molecule has 1 rings (SSSR count). The molecule has 0 aromatic heterocycles. The number of aliphatic imine (C=N–C) groups is 1. The summed E-state index contributed by atoms with van der Waals surface area (Å²) in [7, 11) is 0. The van der Waals surface area contributed by atoms with E-state index >= 15 is 0 Å². The van der Waals surface area contributed by atoms with Gasteiger partial charge in [0.15, 0.2) is 5.90 Å². The van der Waals surface area contributed by atoms with Crippen LogP contribution in [-0.4, -0.2) is 29.6 Å². The molecule has 1 heterocycles. The largest absolute Gasteiger partial charge is 0.481 e. The zero-order valence-corrected chi connectivity index (χ0v) is 6.41. The average molecular weight is 157 g/mol. The Hall–Kier alpha value is -1.06. The lowest BCUT2D eigenvalue weighted by Gasteiger charge is -2.05. The third-order valence-electron chi connectivity index (χ3n) is 1.53. The summed E-state index contributed by atoms with van der Waals surface area (Å²) >= 11 is 0. The van der Waals surface area contributed by atoms with Gasteiger partial charge in [-0.05, 0) is 6.42 Å². The van der Waals surface area contributed by atoms with Gasteiger partial charge in [-0.1, -0.05) is 6.92 Å². The molecule has 0 spiro atoms. The molecular weight excluding hydrogens is 146 g/mol. The molecule has 1 aliphatic heterocycles. The third-order valence-corrected chi connectivity index (χ3v) is 1.53. The van der Waals surface area contributed by atoms with Crippen LogP contribution in [0.25, 0.3) is 0 Å². The van der Waals surface area contributed by atoms with Gasteiger partial charge >= 0.3 is 5.97 Å². The number of nitrogens with zero attached hydrogens (tertiary/aromatic N) is 1. The van der Waals surface area contributed by atoms with Gasteiger partial charge in [0.1, 0.15) is 12.5 Å². The monoisotopic (exact) mass is 157 g/mol. The summed E-state index contributed by atoms with van der Waals surface area (Å²) in [4.78, 5) is 14.1. The lowest BCUT2D eigenvalue weighted by atomic mass is 10.3. The van der Waals surface area contributed by atoms with Gasteiger partial charge in [-0.3, -0.25) is 9.79 Å². The molecule has 0 aliphatic carbocycles. The molecule has 62 valence electrons. The lowest BCUT2D eigenvalue weighted by molar-refractivity contribution is -0.135. The summed E-state index contributed by atoms with van der Waals surface area (Å²) in [6, 6.07) is 0. The highest BCUT2D eigenvalue weighted by Crippen LogP contribution is 2.09. The number of carboxylic acid groups (broad SMARTS) is 1. The van der Waals surface area contributed by atoms with Crippen LogP contribution in [0.15, 0.2) is 4.99 Å². The van der Waals surface area contributed by atoms with E-state index in [2.05, 4.69) is 4.99 Å². The van der Waals surface area contributed by atoms with Gasteiger partial charge in [0.25, 0.3) is 0 Å². The number of aliphatic carboxylic acids is 1. The summed E-state index contributed by atoms with van der Waals surface area (Å²) in [6.07, 6.45) is 0.896. The molecule has 1 unspecified atom stereocenters. The van der Waals surface area contributed by atoms with E-state index in [1.54, 1.807) is 0 Å². The molecule has 0 amide bonds. The summed E-state index contributed by atoms with van der Waals surface area (Å²) in [5.41, 5.74) is 0. The van der Waals surface area contributed by atoms with Crippen molar-refractivity contribution in [2.24, 2.45) is 4.99 Å². The first kappa shape index (κ1) is 8.04. The summed E-state index contributed by atoms with van der Waals surface area (Å²) < 4.78 is 5.19. The van der Waals surface area contributed by atoms with Gasteiger partial charge in [-0.15, -0.1) is 0 Å². The quantitative estimate of drug-likeness (QED) is 0.655. The van der Waals surface area contributed by atoms with E-state index < -0.39 is 5.97 Å². The average Bonchev–Trinajstić information content (AvgIpc) is 2.34. The van der Waals surface area contributed by atoms with Gasteiger partial charge < -0.3 is 9.84 Å². The Balaban J connectivity index is 2.34. The molecule has 4 nitrogen and oxygen atoms in total. The molecule has 1 aliphatic rings. The Morgan fingerprint density at radius 1 is 1.91 bits per heavy atom. The number of carboxylic acids is 1. The van der Waals surface area contributed by atoms with Crippen molar-refractivity contribution in [2.75, 3.05) is 6.54 Å². The normalized spacial score (nSPS) is 22.6. The van der Waals surface area contributed by atoms with Crippen LogP contribution in [-0.2, 0) is 9.53 Å². The molecule has 0 saturated carbocycles. The van der Waals surface area contributed by atoms with Crippen molar-refractivity contribution in [3.05, 3.63) is 0 Å². The van der Waals surface area contributed by atoms with Crippen molar-refractivity contribution >= 4 is 11.9 Å². The van der Waals surface area contributed by atoms with Crippen molar-refractivity contribution in [1.29, 1.82) is 0 Å². The van der Waals surface area contributed by atoms with Crippen LogP contribution in [0.3, 0.4) is 0 Å². The summed E-state index contributed by atoms with van der Waals surface area (Å²) in [6.45, 7) is 2.60. The third kappa shape index (κ3) is 2.22. The highest BCUT2D eigenvalue weighted by Gasteiger charge is 2.19. The molecular formula is C7H11NO3. The van der Waals surface area contributed by atoms with Gasteiger partial charge in [-0.25, -0.2) is 0 Å². The van der Waals surface area contributed by atoms with Crippen LogP contribution in [0.2, 0.25) is 0 Å². The van der Waals surface area contributed by atoms with E-state index in [1.165, 1.54) is 0 Å². The van der Waals surface area contributed by atoms with E-state index in [0.717, 1.165) is 6.42 Å². The first-order chi connectivity index (χ1) is 5.22. The highest BCUT2D eigenvalue weighted by molar-refractivity contribution is 5.94. The number of hydrogen-bond acceptors (Lipinski definition) is 3. The fraction of sp³-hybridized carbons (Fsp3) is 0.714. The maximum absolute atomic E-state index is 10.2. The standard InChI is InChI=1S/C7H11NO3/c1-2-5-4-8-6(11-5)3-7(9)10/h5H,2-4H2,1H3,(H,9,10). The number of hydrogen-bond donors (Lipinski definition) is 1. The Bertz CT molecular complexity index is 188. The first-order valence-electron chi connectivity index (χ1n) is 3.64. The number of ether oxygens (including phenoxy) is 1. The Kier molecular flexibility index (Phi) is 2.46. The maximum atomic E-state index is 10.2. The van der Waals surface area contributed by atoms with Crippen molar-refractivity contribution in [3.8, 4) is 0 Å². The van der Waals surface area contributed by atoms with Crippen LogP contribution >= 0.6 is 0 Å². The van der Waals surface area contributed by atoms with E-state index in [4.69, 9.17) is 9.84 Å². The molecule has 1 atom stereocenters. The second kappa shape index (κ2) is 3.37. The van der Waals surface area contributed by atoms with Gasteiger partial charge in [-0.2, -0.15) is 0 Å². The molecule has 0 saturated heterocycles. The zero-order chi connectivity index (χ0) is 8.27. The Morgan fingerprint density at radius 3 is 3.09 bits per heavy atom. The zero-order valence-electron chi connectivity index (χ0n) is 6.41. The predicted molar refractivity (Wildman–Crippen MR) is 39.7 cm³/mol. The Labute approximate surface area is 64.9 Å². The van der Waals surface area contributed by atoms with Crippen LogP contribution in [0.1, 0.15) is 19.8 Å². The minimum absolute atomic E-state index is 0.0868. The predicted octanol–water partition coefficient (Wildman–Crippen LogP) is 0.668. The molecule has 0 fully saturated rings. The minimum atomic E-state index is -0.888. The SMILES string of the molecule is CCC1CN=C(CC(=O)O)O1. The van der Waals surface area contributed by atoms with Crippen molar-refractivity contribution in [1.82, 2.24) is 0 Å². The van der Waals surface area contributed by atoms with E-state index in [0.29, 0.717) is 12.4 Å². The van der Waals surface area contributed by atoms with Crippen LogP contribution in [0.5, 0.6) is 0 Å². The van der Waals surface area contributed by atoms with Crippen LogP contribution in [0.4, 0.5) is 0 Å². The van der Waals surface area contributed by atoms with Crippen molar-refractivity contribution in [2.45, 2.75) is 25.9 Å². The first-order valence-corrected chi connectivity index (χ1v) is 3.64. The minimum Gasteiger partial charge on any atom is -0.481 e. The van der Waals surface area contributed by atoms with Gasteiger partial charge in [0.05, 0.1) is 6.54 Å². The fourth-order valence-corrected chi connectivity index (χ4v) is 0.910. The van der Waals surface area contributed by atoms with E-state index in [9.17, 15) is 4.79 Å². The topological polar surface area (TPSA) is 58.9 Å². The molecule has 11 heavy (non-hydrogen) atoms. The fourth-order valence-electron chi connectivity index (χ4n) is 0.910. The van der Waals surface area contributed by atoms with Gasteiger partial charge in [0.2, 0.25) is 0 Å². The summed E-state index contributed by atoms with van der Waals surface area (Å²) in [5, 5.41) is 8.37. The second-order valence-electron chi connectivity index (χ2n) is 2.45. The molecule has 0 radical (unpaired) electrons. The lowest BCUT2D eigenvalue weighted by Crippen LogP contribution is -2.13. The van der Waals surface area contributed by atoms with Crippen LogP contribution in [0, 0.1) is 0 Å². The summed E-state index contributed by atoms with van der Waals surface area (Å²) in [5.74, 6) is -0.523. The Morgan fingerprint density at radius 2 is 2.64 bits per heavy atom. The number of carbonyl (C=O) groups is 1. The molecule has 0 aromatic rings. The molecule has 0 bridgehead atoms. The van der Waals surface area contributed by atoms with Crippen LogP contribution < -0.4 is 0 Å². The van der Waals surface area contributed by atoms with E-state index in [1.807, 2.05) is 6.92 Å². The smallest absolute Gasteiger partial charge is 0.312 e. The van der Waals surface area contributed by atoms with Gasteiger partial charge in [0, 0.05) is 0 Å². The molecule has 1 N–H and O–H groups in total.